The number of carbonyl (C=O) groups is 1. The van der Waals surface area contributed by atoms with Crippen LogP contribution in [0.2, 0.25) is 5.02 Å². The van der Waals surface area contributed by atoms with Crippen molar-refractivity contribution in [1.29, 1.82) is 0 Å². The lowest BCUT2D eigenvalue weighted by atomic mass is 10.0. The first kappa shape index (κ1) is 24.1. The summed E-state index contributed by atoms with van der Waals surface area (Å²) in [5.74, 6) is -0.591. The average Bonchev–Trinajstić information content (AvgIpc) is 3.07. The highest BCUT2D eigenvalue weighted by atomic mass is 35.5. The fourth-order valence-corrected chi connectivity index (χ4v) is 6.80. The number of amides is 1. The fourth-order valence-electron chi connectivity index (χ4n) is 3.29. The van der Waals surface area contributed by atoms with Crippen LogP contribution in [-0.2, 0) is 19.0 Å². The number of nitrogens with zero attached hydrogens (tertiary/aromatic N) is 2. The van der Waals surface area contributed by atoms with Gasteiger partial charge in [-0.25, -0.2) is 0 Å². The second kappa shape index (κ2) is 9.11. The normalized spacial score (nSPS) is 20.8. The van der Waals surface area contributed by atoms with Crippen molar-refractivity contribution in [3.8, 4) is 0 Å². The van der Waals surface area contributed by atoms with Crippen LogP contribution in [0.3, 0.4) is 0 Å². The predicted octanol–water partition coefficient (Wildman–Crippen LogP) is 3.87. The van der Waals surface area contributed by atoms with Crippen LogP contribution in [0.1, 0.15) is 11.1 Å². The number of carbonyl (C=O) groups excluding carboxylic acids is 1. The maximum absolute atomic E-state index is 12.5. The van der Waals surface area contributed by atoms with Crippen LogP contribution in [0.25, 0.3) is 10.5 Å². The highest BCUT2D eigenvalue weighted by Crippen LogP contribution is 2.69. The number of halogens is 1. The monoisotopic (exact) mass is 493 g/mol. The molecule has 7 nitrogen and oxygen atoms in total. The number of allylic oxidation sites excluding steroid dienone is 2. The molecule has 2 N–H and O–H groups in total. The largest absolute Gasteiger partial charge is 0.368 e. The lowest BCUT2D eigenvalue weighted by molar-refractivity contribution is -0.113. The Bertz CT molecular complexity index is 1230. The van der Waals surface area contributed by atoms with Crippen molar-refractivity contribution < 1.29 is 17.4 Å². The Labute approximate surface area is 194 Å². The van der Waals surface area contributed by atoms with E-state index < -0.39 is 26.2 Å². The summed E-state index contributed by atoms with van der Waals surface area (Å²) in [6.45, 7) is 0. The maximum atomic E-state index is 12.5. The van der Waals surface area contributed by atoms with E-state index in [0.717, 1.165) is 10.5 Å². The molecular formula is C22H24ClN3O4S2. The van der Waals surface area contributed by atoms with Crippen LogP contribution < -0.4 is 5.73 Å². The molecule has 2 aromatic carbocycles. The quantitative estimate of drug-likeness (QED) is 0.466. The minimum Gasteiger partial charge on any atom is -0.368 e. The van der Waals surface area contributed by atoms with E-state index in [4.69, 9.17) is 21.5 Å². The summed E-state index contributed by atoms with van der Waals surface area (Å²) < 4.78 is 34.3. The topological polar surface area (TPSA) is 102 Å². The zero-order valence-corrected chi connectivity index (χ0v) is 20.5. The number of nitrogens with two attached hydrogens (primary N) is 1. The minimum absolute atomic E-state index is 0.0438. The van der Waals surface area contributed by atoms with Crippen molar-refractivity contribution >= 4 is 54.7 Å². The first-order valence-electron chi connectivity index (χ1n) is 9.42. The number of primary amides is 1. The highest BCUT2D eigenvalue weighted by molar-refractivity contribution is 8.40. The third kappa shape index (κ3) is 4.61. The van der Waals surface area contributed by atoms with E-state index in [1.807, 2.05) is 24.5 Å². The first-order valence-corrected chi connectivity index (χ1v) is 13.2. The summed E-state index contributed by atoms with van der Waals surface area (Å²) in [7, 11) is -1.10. The molecule has 0 saturated carbocycles. The lowest BCUT2D eigenvalue weighted by Gasteiger charge is -2.34. The van der Waals surface area contributed by atoms with Gasteiger partial charge in [-0.3, -0.25) is 4.79 Å². The second-order valence-electron chi connectivity index (χ2n) is 7.32. The van der Waals surface area contributed by atoms with Gasteiger partial charge in [-0.2, -0.15) is 8.42 Å². The fraction of sp³-hybridized carbons (Fsp3) is 0.182. The Morgan fingerprint density at radius 1 is 1.09 bits per heavy atom. The smallest absolute Gasteiger partial charge is 0.283 e. The van der Waals surface area contributed by atoms with Crippen LogP contribution in [0.5, 0.6) is 0 Å². The Hall–Kier alpha value is -2.59. The molecule has 3 rings (SSSR count). The third-order valence-electron chi connectivity index (χ3n) is 4.90. The van der Waals surface area contributed by atoms with Crippen molar-refractivity contribution in [3.05, 3.63) is 75.7 Å². The molecule has 0 radical (unpaired) electrons. The van der Waals surface area contributed by atoms with E-state index in [1.54, 1.807) is 45.5 Å². The maximum Gasteiger partial charge on any atom is 0.283 e. The Kier molecular flexibility index (Phi) is 6.85. The average molecular weight is 494 g/mol. The van der Waals surface area contributed by atoms with Crippen LogP contribution in [-0.4, -0.2) is 53.0 Å². The summed E-state index contributed by atoms with van der Waals surface area (Å²) >= 11 is 6.03. The van der Waals surface area contributed by atoms with Gasteiger partial charge in [-0.1, -0.05) is 46.2 Å². The Balaban J connectivity index is 2.11. The number of hydrogen-bond acceptors (Lipinski definition) is 4. The van der Waals surface area contributed by atoms with Gasteiger partial charge in [-0.05, 0) is 47.7 Å². The number of hydrogen-bond donors (Lipinski definition) is 1. The Morgan fingerprint density at radius 3 is 2.16 bits per heavy atom. The van der Waals surface area contributed by atoms with Crippen LogP contribution in [0.15, 0.2) is 68.8 Å². The summed E-state index contributed by atoms with van der Waals surface area (Å²) in [5, 5.41) is 0.596. The zero-order valence-electron chi connectivity index (χ0n) is 18.1. The molecule has 0 fully saturated rings. The van der Waals surface area contributed by atoms with Gasteiger partial charge in [0.15, 0.2) is 0 Å². The third-order valence-corrected chi connectivity index (χ3v) is 9.45. The van der Waals surface area contributed by atoms with E-state index in [-0.39, 0.29) is 4.90 Å². The van der Waals surface area contributed by atoms with Gasteiger partial charge in [0.05, 0.1) is 9.80 Å². The molecule has 32 heavy (non-hydrogen) atoms. The second-order valence-corrected chi connectivity index (χ2v) is 12.3. The molecule has 10 heteroatoms. The molecule has 1 atom stereocenters. The van der Waals surface area contributed by atoms with Crippen LogP contribution in [0.4, 0.5) is 0 Å². The van der Waals surface area contributed by atoms with Crippen molar-refractivity contribution in [2.24, 2.45) is 10.1 Å². The molecule has 1 heterocycles. The Morgan fingerprint density at radius 2 is 1.66 bits per heavy atom. The molecule has 0 bridgehead atoms. The van der Waals surface area contributed by atoms with Gasteiger partial charge in [0, 0.05) is 36.7 Å². The standard InChI is InChI=1S/C22H24ClN3O4S2/c1-26(2)14-25-32(28,29)18-11-7-15(8-12-18)19-13-20(16-5-9-17(23)10-6-16)31(4,30-3)21(19)22(24)27/h5-14H,1-4H3,(H2,24,27)/b25-14+. The molecule has 1 aliphatic rings. The molecule has 0 saturated heterocycles. The molecule has 0 aliphatic carbocycles. The SMILES string of the molecule is COS1(C)C(c2ccc(Cl)cc2)=CC(c2ccc(S(=O)(=O)/N=C/N(C)C)cc2)=C1C(N)=O. The minimum atomic E-state index is -3.84. The van der Waals surface area contributed by atoms with E-state index >= 15 is 0 Å². The van der Waals surface area contributed by atoms with Gasteiger partial charge >= 0.3 is 0 Å². The molecule has 2 aromatic rings. The highest BCUT2D eigenvalue weighted by Gasteiger charge is 2.39. The molecule has 0 aromatic heterocycles. The lowest BCUT2D eigenvalue weighted by Crippen LogP contribution is -2.19. The van der Waals surface area contributed by atoms with Crippen molar-refractivity contribution in [2.45, 2.75) is 4.90 Å². The van der Waals surface area contributed by atoms with Crippen molar-refractivity contribution in [1.82, 2.24) is 4.90 Å². The number of sulfonamides is 1. The summed E-state index contributed by atoms with van der Waals surface area (Å²) in [4.78, 5) is 15.3. The van der Waals surface area contributed by atoms with Gasteiger partial charge in [0.2, 0.25) is 0 Å². The predicted molar refractivity (Wildman–Crippen MR) is 132 cm³/mol. The van der Waals surface area contributed by atoms with E-state index in [1.165, 1.54) is 23.4 Å². The van der Waals surface area contributed by atoms with Gasteiger partial charge < -0.3 is 14.8 Å². The zero-order chi connectivity index (χ0) is 23.7. The molecule has 170 valence electrons. The van der Waals surface area contributed by atoms with E-state index in [0.29, 0.717) is 21.1 Å². The summed E-state index contributed by atoms with van der Waals surface area (Å²) in [6.07, 6.45) is 4.95. The van der Waals surface area contributed by atoms with Crippen LogP contribution in [0, 0.1) is 0 Å². The molecule has 1 aliphatic heterocycles. The van der Waals surface area contributed by atoms with E-state index in [2.05, 4.69) is 4.40 Å². The first-order chi connectivity index (χ1) is 15.0. The van der Waals surface area contributed by atoms with Gasteiger partial charge in [0.1, 0.15) is 6.34 Å². The number of rotatable bonds is 7. The molecule has 1 unspecified atom stereocenters. The van der Waals surface area contributed by atoms with Gasteiger partial charge in [0.25, 0.3) is 15.9 Å². The van der Waals surface area contributed by atoms with Crippen molar-refractivity contribution in [2.75, 3.05) is 27.5 Å². The molecule has 1 amide bonds. The van der Waals surface area contributed by atoms with Crippen molar-refractivity contribution in [3.63, 3.8) is 0 Å². The van der Waals surface area contributed by atoms with Gasteiger partial charge in [-0.15, -0.1) is 4.40 Å². The summed E-state index contributed by atoms with van der Waals surface area (Å²) in [6, 6.07) is 13.4. The van der Waals surface area contributed by atoms with E-state index in [9.17, 15) is 13.2 Å². The molecular weight excluding hydrogens is 470 g/mol. The van der Waals surface area contributed by atoms with Crippen LogP contribution >= 0.6 is 21.9 Å². The number of benzene rings is 2. The summed E-state index contributed by atoms with van der Waals surface area (Å²) in [5.41, 5.74) is 7.89. The molecule has 0 spiro atoms.